The molecule has 0 saturated carbocycles. The smallest absolute Gasteiger partial charge is 0.265 e. The molecule has 39 heavy (non-hydrogen) atoms. The summed E-state index contributed by atoms with van der Waals surface area (Å²) in [6, 6.07) is 20.6. The van der Waals surface area contributed by atoms with Gasteiger partial charge in [-0.05, 0) is 72.0 Å². The number of nitrogens with one attached hydrogen (secondary N) is 1. The maximum atomic E-state index is 12.7. The molecule has 0 radical (unpaired) electrons. The van der Waals surface area contributed by atoms with Crippen LogP contribution >= 0.6 is 0 Å². The van der Waals surface area contributed by atoms with Gasteiger partial charge in [-0.3, -0.25) is 9.59 Å². The molecule has 0 unspecified atom stereocenters. The van der Waals surface area contributed by atoms with Crippen LogP contribution < -0.4 is 29.2 Å². The topological polar surface area (TPSA) is 86.3 Å². The first kappa shape index (κ1) is 27.8. The van der Waals surface area contributed by atoms with E-state index in [1.54, 1.807) is 30.2 Å². The van der Waals surface area contributed by atoms with Crippen LogP contribution in [0.25, 0.3) is 0 Å². The molecule has 1 aliphatic rings. The zero-order chi connectivity index (χ0) is 27.8. The molecule has 3 aromatic rings. The minimum Gasteiger partial charge on any atom is -0.497 e. The molecule has 0 saturated heterocycles. The maximum Gasteiger partial charge on any atom is 0.265 e. The number of methoxy groups -OCH3 is 1. The SMILES string of the molecule is COc1ccc(OCCCC(=O)Nc2ccc3c(c2)N(CCOc2ccc(C(C)(C)C)cc2)C(=O)CO3)cc1. The number of anilines is 2. The summed E-state index contributed by atoms with van der Waals surface area (Å²) in [6.07, 6.45) is 0.860. The molecule has 0 aromatic heterocycles. The van der Waals surface area contributed by atoms with Crippen molar-refractivity contribution in [2.45, 2.75) is 39.0 Å². The number of ether oxygens (including phenoxy) is 4. The fourth-order valence-corrected chi connectivity index (χ4v) is 4.15. The van der Waals surface area contributed by atoms with Crippen molar-refractivity contribution in [3.8, 4) is 23.0 Å². The van der Waals surface area contributed by atoms with Crippen LogP contribution in [-0.2, 0) is 15.0 Å². The molecule has 206 valence electrons. The fraction of sp³-hybridized carbons (Fsp3) is 0.355. The number of nitrogens with zero attached hydrogens (tertiary/aromatic N) is 1. The summed E-state index contributed by atoms with van der Waals surface area (Å²) < 4.78 is 22.3. The summed E-state index contributed by atoms with van der Waals surface area (Å²) in [5, 5.41) is 2.90. The predicted molar refractivity (Wildman–Crippen MR) is 151 cm³/mol. The third-order valence-electron chi connectivity index (χ3n) is 6.37. The predicted octanol–water partition coefficient (Wildman–Crippen LogP) is 5.59. The van der Waals surface area contributed by atoms with E-state index in [1.807, 2.05) is 36.4 Å². The highest BCUT2D eigenvalue weighted by atomic mass is 16.5. The highest BCUT2D eigenvalue weighted by Crippen LogP contribution is 2.34. The zero-order valence-electron chi connectivity index (χ0n) is 23.0. The van der Waals surface area contributed by atoms with Crippen molar-refractivity contribution in [1.82, 2.24) is 0 Å². The summed E-state index contributed by atoms with van der Waals surface area (Å²) in [4.78, 5) is 26.8. The van der Waals surface area contributed by atoms with Gasteiger partial charge in [0.1, 0.15) is 29.6 Å². The highest BCUT2D eigenvalue weighted by molar-refractivity contribution is 5.99. The first-order valence-corrected chi connectivity index (χ1v) is 13.1. The van der Waals surface area contributed by atoms with E-state index in [0.717, 1.165) is 17.2 Å². The van der Waals surface area contributed by atoms with E-state index in [0.29, 0.717) is 49.7 Å². The van der Waals surface area contributed by atoms with Crippen molar-refractivity contribution in [2.24, 2.45) is 0 Å². The third-order valence-corrected chi connectivity index (χ3v) is 6.37. The van der Waals surface area contributed by atoms with Crippen LogP contribution in [0.4, 0.5) is 11.4 Å². The van der Waals surface area contributed by atoms with Crippen molar-refractivity contribution in [3.05, 3.63) is 72.3 Å². The van der Waals surface area contributed by atoms with Gasteiger partial charge >= 0.3 is 0 Å². The zero-order valence-corrected chi connectivity index (χ0v) is 23.0. The second kappa shape index (κ2) is 12.6. The van der Waals surface area contributed by atoms with E-state index < -0.39 is 0 Å². The van der Waals surface area contributed by atoms with Crippen LogP contribution in [0.1, 0.15) is 39.2 Å². The molecular weight excluding hydrogens is 496 g/mol. The van der Waals surface area contributed by atoms with E-state index in [-0.39, 0.29) is 23.8 Å². The van der Waals surface area contributed by atoms with Crippen LogP contribution in [0.2, 0.25) is 0 Å². The minimum absolute atomic E-state index is 0.0345. The second-order valence-electron chi connectivity index (χ2n) is 10.3. The number of benzene rings is 3. The molecule has 0 bridgehead atoms. The van der Waals surface area contributed by atoms with Gasteiger partial charge in [0.25, 0.3) is 5.91 Å². The maximum absolute atomic E-state index is 12.7. The number of carbonyl (C=O) groups is 2. The lowest BCUT2D eigenvalue weighted by Gasteiger charge is -2.29. The van der Waals surface area contributed by atoms with Crippen LogP contribution in [0.15, 0.2) is 66.7 Å². The van der Waals surface area contributed by atoms with Gasteiger partial charge in [0.15, 0.2) is 6.61 Å². The van der Waals surface area contributed by atoms with E-state index >= 15 is 0 Å². The third kappa shape index (κ3) is 7.66. The molecule has 3 aromatic carbocycles. The molecule has 1 heterocycles. The number of hydrogen-bond donors (Lipinski definition) is 1. The fourth-order valence-electron chi connectivity index (χ4n) is 4.15. The van der Waals surface area contributed by atoms with Gasteiger partial charge in [-0.1, -0.05) is 32.9 Å². The molecular formula is C31H36N2O6. The Kier molecular flexibility index (Phi) is 8.96. The highest BCUT2D eigenvalue weighted by Gasteiger charge is 2.26. The number of fused-ring (bicyclic) bond motifs is 1. The van der Waals surface area contributed by atoms with Crippen molar-refractivity contribution < 1.29 is 28.5 Å². The lowest BCUT2D eigenvalue weighted by atomic mass is 9.87. The molecule has 1 N–H and O–H groups in total. The average Bonchev–Trinajstić information content (AvgIpc) is 2.92. The largest absolute Gasteiger partial charge is 0.497 e. The van der Waals surface area contributed by atoms with E-state index in [2.05, 4.69) is 38.2 Å². The Labute approximate surface area is 229 Å². The summed E-state index contributed by atoms with van der Waals surface area (Å²) in [7, 11) is 1.61. The van der Waals surface area contributed by atoms with Crippen molar-refractivity contribution >= 4 is 23.2 Å². The van der Waals surface area contributed by atoms with Gasteiger partial charge in [-0.25, -0.2) is 0 Å². The molecule has 0 atom stereocenters. The van der Waals surface area contributed by atoms with E-state index in [9.17, 15) is 9.59 Å². The van der Waals surface area contributed by atoms with E-state index in [4.69, 9.17) is 18.9 Å². The number of amides is 2. The summed E-state index contributed by atoms with van der Waals surface area (Å²) in [6.45, 7) is 7.56. The second-order valence-corrected chi connectivity index (χ2v) is 10.3. The van der Waals surface area contributed by atoms with Crippen molar-refractivity contribution in [3.63, 3.8) is 0 Å². The molecule has 8 nitrogen and oxygen atoms in total. The molecule has 1 aliphatic heterocycles. The van der Waals surface area contributed by atoms with Crippen LogP contribution in [0.3, 0.4) is 0 Å². The van der Waals surface area contributed by atoms with E-state index in [1.165, 1.54) is 5.56 Å². The van der Waals surface area contributed by atoms with Crippen molar-refractivity contribution in [1.29, 1.82) is 0 Å². The molecule has 8 heteroatoms. The summed E-state index contributed by atoms with van der Waals surface area (Å²) in [5.41, 5.74) is 2.50. The molecule has 0 aliphatic carbocycles. The summed E-state index contributed by atoms with van der Waals surface area (Å²) in [5.74, 6) is 2.53. The van der Waals surface area contributed by atoms with Gasteiger partial charge in [0.05, 0.1) is 25.9 Å². The van der Waals surface area contributed by atoms with Crippen molar-refractivity contribution in [2.75, 3.05) is 43.7 Å². The summed E-state index contributed by atoms with van der Waals surface area (Å²) >= 11 is 0. The Hall–Kier alpha value is -4.20. The van der Waals surface area contributed by atoms with Crippen LogP contribution in [-0.4, -0.2) is 45.3 Å². The Morgan fingerprint density at radius 2 is 1.56 bits per heavy atom. The number of hydrogen-bond acceptors (Lipinski definition) is 6. The lowest BCUT2D eigenvalue weighted by molar-refractivity contribution is -0.121. The Bertz CT molecular complexity index is 1270. The standard InChI is InChI=1S/C31H36N2O6/c1-31(2,3)22-7-10-25(11-8-22)38-19-17-33-27-20-23(9-16-28(27)39-21-30(33)35)32-29(34)6-5-18-37-26-14-12-24(36-4)13-15-26/h7-16,20H,5-6,17-19,21H2,1-4H3,(H,32,34). The molecule has 4 rings (SSSR count). The minimum atomic E-state index is -0.159. The first-order valence-electron chi connectivity index (χ1n) is 13.1. The number of rotatable bonds is 11. The van der Waals surface area contributed by atoms with Crippen LogP contribution in [0.5, 0.6) is 23.0 Å². The van der Waals surface area contributed by atoms with Gasteiger partial charge in [0.2, 0.25) is 5.91 Å². The van der Waals surface area contributed by atoms with Gasteiger partial charge in [-0.2, -0.15) is 0 Å². The molecule has 2 amide bonds. The van der Waals surface area contributed by atoms with Gasteiger partial charge in [0, 0.05) is 12.1 Å². The van der Waals surface area contributed by atoms with Crippen LogP contribution in [0, 0.1) is 0 Å². The Morgan fingerprint density at radius 3 is 2.23 bits per heavy atom. The normalized spacial score (nSPS) is 12.8. The monoisotopic (exact) mass is 532 g/mol. The first-order chi connectivity index (χ1) is 18.7. The molecule has 0 fully saturated rings. The van der Waals surface area contributed by atoms with Gasteiger partial charge < -0.3 is 29.2 Å². The number of carbonyl (C=O) groups excluding carboxylic acids is 2. The van der Waals surface area contributed by atoms with Gasteiger partial charge in [-0.15, -0.1) is 0 Å². The quantitative estimate of drug-likeness (QED) is 0.324. The lowest BCUT2D eigenvalue weighted by Crippen LogP contribution is -2.41. The Balaban J connectivity index is 1.28. The molecule has 0 spiro atoms. The Morgan fingerprint density at radius 1 is 0.923 bits per heavy atom. The average molecular weight is 533 g/mol.